The Morgan fingerprint density at radius 3 is 2.43 bits per heavy atom. The molecule has 9 heteroatoms. The second-order valence-electron chi connectivity index (χ2n) is 7.52. The lowest BCUT2D eigenvalue weighted by Crippen LogP contribution is -2.48. The molecule has 1 aromatic rings. The van der Waals surface area contributed by atoms with E-state index in [1.165, 1.54) is 42.0 Å². The fraction of sp³-hybridized carbons (Fsp3) is 0.524. The number of anilines is 1. The van der Waals surface area contributed by atoms with Gasteiger partial charge in [0.2, 0.25) is 17.7 Å². The van der Waals surface area contributed by atoms with Crippen molar-refractivity contribution in [3.8, 4) is 0 Å². The second kappa shape index (κ2) is 9.83. The van der Waals surface area contributed by atoms with E-state index in [-0.39, 0.29) is 39.9 Å². The van der Waals surface area contributed by atoms with Gasteiger partial charge in [-0.25, -0.2) is 4.79 Å². The van der Waals surface area contributed by atoms with Crippen LogP contribution in [0.15, 0.2) is 18.2 Å². The van der Waals surface area contributed by atoms with Crippen LogP contribution < -0.4 is 5.32 Å². The summed E-state index contributed by atoms with van der Waals surface area (Å²) in [6, 6.07) is 3.49. The predicted octanol–water partition coefficient (Wildman–Crippen LogP) is 3.36. The lowest BCUT2D eigenvalue weighted by molar-refractivity contribution is -0.146. The van der Waals surface area contributed by atoms with Crippen LogP contribution in [0.2, 0.25) is 5.02 Å². The molecule has 162 valence electrons. The molecule has 3 unspecified atom stereocenters. The smallest absolute Gasteiger partial charge is 0.337 e. The number of amides is 3. The van der Waals surface area contributed by atoms with E-state index in [0.717, 1.165) is 12.8 Å². The van der Waals surface area contributed by atoms with Crippen LogP contribution in [0.5, 0.6) is 0 Å². The quantitative estimate of drug-likeness (QED) is 0.503. The molecule has 0 aromatic heterocycles. The summed E-state index contributed by atoms with van der Waals surface area (Å²) >= 11 is 7.73. The van der Waals surface area contributed by atoms with Crippen LogP contribution in [0, 0.1) is 11.8 Å². The number of likely N-dealkylation sites (tertiary alicyclic amines) is 1. The first-order valence-corrected chi connectivity index (χ1v) is 11.7. The Balaban J connectivity index is 1.85. The molecule has 1 saturated carbocycles. The van der Waals surface area contributed by atoms with E-state index in [2.05, 4.69) is 5.32 Å². The van der Waals surface area contributed by atoms with Gasteiger partial charge in [-0.3, -0.25) is 19.3 Å². The minimum atomic E-state index is -0.916. The Kier molecular flexibility index (Phi) is 7.41. The van der Waals surface area contributed by atoms with Crippen molar-refractivity contribution in [2.75, 3.05) is 24.4 Å². The van der Waals surface area contributed by atoms with Gasteiger partial charge in [-0.1, -0.05) is 24.4 Å². The SMILES string of the molecule is COC(=O)c1ccc(Cl)c(NC(=O)C(CCSC)N2C(=O)C3CCCCC3C2=O)c1. The lowest BCUT2D eigenvalue weighted by atomic mass is 9.81. The molecule has 1 aliphatic carbocycles. The number of imide groups is 1. The zero-order valence-electron chi connectivity index (χ0n) is 17.0. The zero-order valence-corrected chi connectivity index (χ0v) is 18.6. The number of nitrogens with one attached hydrogen (secondary N) is 1. The third kappa shape index (κ3) is 4.49. The standard InChI is InChI=1S/C21H25ClN2O5S/c1-29-21(28)12-7-8-15(22)16(11-12)23-18(25)17(9-10-30-2)24-19(26)13-5-3-4-6-14(13)20(24)27/h7-8,11,13-14,17H,3-6,9-10H2,1-2H3,(H,23,25). The largest absolute Gasteiger partial charge is 0.465 e. The number of benzene rings is 1. The molecule has 2 aliphatic rings. The van der Waals surface area contributed by atoms with Gasteiger partial charge in [0.05, 0.1) is 35.2 Å². The van der Waals surface area contributed by atoms with Gasteiger partial charge in [-0.15, -0.1) is 0 Å². The number of esters is 1. The van der Waals surface area contributed by atoms with E-state index < -0.39 is 17.9 Å². The number of hydrogen-bond donors (Lipinski definition) is 1. The van der Waals surface area contributed by atoms with E-state index in [4.69, 9.17) is 16.3 Å². The van der Waals surface area contributed by atoms with Crippen LogP contribution in [-0.2, 0) is 19.1 Å². The molecule has 0 bridgehead atoms. The first-order valence-electron chi connectivity index (χ1n) is 9.93. The molecule has 3 amide bonds. The monoisotopic (exact) mass is 452 g/mol. The molecule has 3 atom stereocenters. The summed E-state index contributed by atoms with van der Waals surface area (Å²) in [5, 5.41) is 2.95. The molecule has 1 saturated heterocycles. The van der Waals surface area contributed by atoms with E-state index in [0.29, 0.717) is 25.0 Å². The molecule has 1 N–H and O–H groups in total. The summed E-state index contributed by atoms with van der Waals surface area (Å²) in [6.07, 6.45) is 5.47. The summed E-state index contributed by atoms with van der Waals surface area (Å²) < 4.78 is 4.71. The third-order valence-corrected chi connectivity index (χ3v) is 6.70. The van der Waals surface area contributed by atoms with Crippen LogP contribution in [0.1, 0.15) is 42.5 Å². The number of halogens is 1. The minimum absolute atomic E-state index is 0.232. The summed E-state index contributed by atoms with van der Waals surface area (Å²) in [5.74, 6) is -1.58. The number of ether oxygens (including phenoxy) is 1. The third-order valence-electron chi connectivity index (χ3n) is 5.73. The maximum Gasteiger partial charge on any atom is 0.337 e. The molecule has 3 rings (SSSR count). The topological polar surface area (TPSA) is 92.8 Å². The molecule has 1 heterocycles. The van der Waals surface area contributed by atoms with Crippen molar-refractivity contribution in [1.29, 1.82) is 0 Å². The lowest BCUT2D eigenvalue weighted by Gasteiger charge is -2.26. The Morgan fingerprint density at radius 2 is 1.87 bits per heavy atom. The molecule has 0 radical (unpaired) electrons. The molecule has 2 fully saturated rings. The van der Waals surface area contributed by atoms with Gasteiger partial charge in [0.25, 0.3) is 0 Å². The number of fused-ring (bicyclic) bond motifs is 1. The predicted molar refractivity (Wildman–Crippen MR) is 116 cm³/mol. The van der Waals surface area contributed by atoms with Crippen molar-refractivity contribution in [2.45, 2.75) is 38.1 Å². The normalized spacial score (nSPS) is 21.9. The average molecular weight is 453 g/mol. The first-order chi connectivity index (χ1) is 14.4. The van der Waals surface area contributed by atoms with Crippen molar-refractivity contribution in [3.63, 3.8) is 0 Å². The molecule has 7 nitrogen and oxygen atoms in total. The van der Waals surface area contributed by atoms with Gasteiger partial charge < -0.3 is 10.1 Å². The highest BCUT2D eigenvalue weighted by atomic mass is 35.5. The van der Waals surface area contributed by atoms with Crippen LogP contribution >= 0.6 is 23.4 Å². The number of hydrogen-bond acceptors (Lipinski definition) is 6. The molecule has 30 heavy (non-hydrogen) atoms. The summed E-state index contributed by atoms with van der Waals surface area (Å²) in [7, 11) is 1.26. The highest BCUT2D eigenvalue weighted by Crippen LogP contribution is 2.39. The van der Waals surface area contributed by atoms with Gasteiger partial charge in [0.15, 0.2) is 0 Å². The Morgan fingerprint density at radius 1 is 1.23 bits per heavy atom. The fourth-order valence-electron chi connectivity index (χ4n) is 4.18. The van der Waals surface area contributed by atoms with E-state index in [1.807, 2.05) is 6.26 Å². The molecule has 1 aromatic carbocycles. The second-order valence-corrected chi connectivity index (χ2v) is 8.91. The van der Waals surface area contributed by atoms with E-state index >= 15 is 0 Å². The van der Waals surface area contributed by atoms with E-state index in [9.17, 15) is 19.2 Å². The molecular weight excluding hydrogens is 428 g/mol. The van der Waals surface area contributed by atoms with Crippen molar-refractivity contribution in [3.05, 3.63) is 28.8 Å². The van der Waals surface area contributed by atoms with Crippen molar-refractivity contribution in [1.82, 2.24) is 4.90 Å². The number of rotatable bonds is 7. The van der Waals surface area contributed by atoms with E-state index in [1.54, 1.807) is 0 Å². The number of methoxy groups -OCH3 is 1. The summed E-state index contributed by atoms with van der Waals surface area (Å²) in [5.41, 5.74) is 0.465. The Hall–Kier alpha value is -2.06. The van der Waals surface area contributed by atoms with Crippen LogP contribution in [0.25, 0.3) is 0 Å². The highest BCUT2D eigenvalue weighted by molar-refractivity contribution is 7.98. The van der Waals surface area contributed by atoms with Gasteiger partial charge >= 0.3 is 5.97 Å². The van der Waals surface area contributed by atoms with Crippen molar-refractivity contribution < 1.29 is 23.9 Å². The number of carbonyl (C=O) groups is 4. The van der Waals surface area contributed by atoms with Gasteiger partial charge in [-0.05, 0) is 49.5 Å². The van der Waals surface area contributed by atoms with Gasteiger partial charge in [0, 0.05) is 0 Å². The molecular formula is C21H25ClN2O5S. The van der Waals surface area contributed by atoms with Gasteiger partial charge in [0.1, 0.15) is 6.04 Å². The number of thioether (sulfide) groups is 1. The maximum atomic E-state index is 13.2. The maximum absolute atomic E-state index is 13.2. The fourth-order valence-corrected chi connectivity index (χ4v) is 4.81. The van der Waals surface area contributed by atoms with Crippen LogP contribution in [-0.4, -0.2) is 53.8 Å². The Labute approximate surface area is 184 Å². The van der Waals surface area contributed by atoms with Crippen LogP contribution in [0.4, 0.5) is 5.69 Å². The first kappa shape index (κ1) is 22.6. The number of nitrogens with zero attached hydrogens (tertiary/aromatic N) is 1. The minimum Gasteiger partial charge on any atom is -0.465 e. The zero-order chi connectivity index (χ0) is 21.8. The van der Waals surface area contributed by atoms with Crippen molar-refractivity contribution in [2.24, 2.45) is 11.8 Å². The van der Waals surface area contributed by atoms with Gasteiger partial charge in [-0.2, -0.15) is 11.8 Å². The summed E-state index contributed by atoms with van der Waals surface area (Å²) in [6.45, 7) is 0. The molecule has 1 aliphatic heterocycles. The Bertz CT molecular complexity index is 838. The highest BCUT2D eigenvalue weighted by Gasteiger charge is 2.51. The average Bonchev–Trinajstić information content (AvgIpc) is 3.00. The molecule has 0 spiro atoms. The summed E-state index contributed by atoms with van der Waals surface area (Å²) in [4.78, 5) is 52.1. The van der Waals surface area contributed by atoms with Crippen LogP contribution in [0.3, 0.4) is 0 Å². The number of carbonyl (C=O) groups excluding carboxylic acids is 4. The van der Waals surface area contributed by atoms with Crippen molar-refractivity contribution >= 4 is 52.7 Å².